The van der Waals surface area contributed by atoms with Crippen LogP contribution >= 0.6 is 0 Å². The van der Waals surface area contributed by atoms with Gasteiger partial charge in [0.25, 0.3) is 5.91 Å². The molecule has 0 spiro atoms. The minimum Gasteiger partial charge on any atom is -0.459 e. The van der Waals surface area contributed by atoms with Crippen LogP contribution in [0.2, 0.25) is 0 Å². The van der Waals surface area contributed by atoms with Crippen LogP contribution in [0.25, 0.3) is 10.8 Å². The second kappa shape index (κ2) is 7.00. The van der Waals surface area contributed by atoms with Gasteiger partial charge in [0.05, 0.1) is 6.26 Å². The zero-order chi connectivity index (χ0) is 16.9. The van der Waals surface area contributed by atoms with Gasteiger partial charge in [0, 0.05) is 29.6 Å². The highest BCUT2D eigenvalue weighted by Gasteiger charge is 2.12. The summed E-state index contributed by atoms with van der Waals surface area (Å²) in [4.78, 5) is 24.0. The van der Waals surface area contributed by atoms with Crippen molar-refractivity contribution >= 4 is 28.3 Å². The second-order valence-electron chi connectivity index (χ2n) is 5.51. The van der Waals surface area contributed by atoms with Crippen LogP contribution in [0.1, 0.15) is 22.5 Å². The summed E-state index contributed by atoms with van der Waals surface area (Å²) < 4.78 is 5.11. The monoisotopic (exact) mass is 322 g/mol. The van der Waals surface area contributed by atoms with Gasteiger partial charge in [0.1, 0.15) is 0 Å². The summed E-state index contributed by atoms with van der Waals surface area (Å²) in [6, 6.07) is 15.3. The molecule has 24 heavy (non-hydrogen) atoms. The highest BCUT2D eigenvalue weighted by Crippen LogP contribution is 2.22. The van der Waals surface area contributed by atoms with Crippen LogP contribution in [0.3, 0.4) is 0 Å². The number of fused-ring (bicyclic) bond motifs is 1. The number of furan rings is 1. The molecule has 0 atom stereocenters. The number of benzene rings is 2. The maximum Gasteiger partial charge on any atom is 0.287 e. The number of rotatable bonds is 5. The van der Waals surface area contributed by atoms with E-state index >= 15 is 0 Å². The van der Waals surface area contributed by atoms with Crippen molar-refractivity contribution in [2.24, 2.45) is 0 Å². The van der Waals surface area contributed by atoms with Gasteiger partial charge in [0.2, 0.25) is 5.91 Å². The Morgan fingerprint density at radius 2 is 1.83 bits per heavy atom. The van der Waals surface area contributed by atoms with Crippen LogP contribution in [-0.4, -0.2) is 18.4 Å². The minimum absolute atomic E-state index is 0.150. The van der Waals surface area contributed by atoms with Gasteiger partial charge in [-0.15, -0.1) is 0 Å². The van der Waals surface area contributed by atoms with Gasteiger partial charge in [-0.3, -0.25) is 9.59 Å². The van der Waals surface area contributed by atoms with E-state index in [-0.39, 0.29) is 30.5 Å². The summed E-state index contributed by atoms with van der Waals surface area (Å²) in [5.41, 5.74) is 1.54. The number of hydrogen-bond donors (Lipinski definition) is 2. The molecule has 3 aromatic rings. The fraction of sp³-hybridized carbons (Fsp3) is 0.158. The molecular formula is C19H18N2O3. The lowest BCUT2D eigenvalue weighted by Gasteiger charge is -2.09. The van der Waals surface area contributed by atoms with Crippen LogP contribution in [0.4, 0.5) is 5.69 Å². The van der Waals surface area contributed by atoms with E-state index in [2.05, 4.69) is 10.6 Å². The van der Waals surface area contributed by atoms with Crippen LogP contribution in [0.5, 0.6) is 0 Å². The minimum atomic E-state index is -0.310. The van der Waals surface area contributed by atoms with Crippen molar-refractivity contribution in [3.63, 3.8) is 0 Å². The quantitative estimate of drug-likeness (QED) is 0.755. The van der Waals surface area contributed by atoms with Crippen molar-refractivity contribution in [1.82, 2.24) is 5.32 Å². The fourth-order valence-corrected chi connectivity index (χ4v) is 2.52. The molecule has 0 unspecified atom stereocenters. The fourth-order valence-electron chi connectivity index (χ4n) is 2.52. The molecule has 0 aliphatic carbocycles. The SMILES string of the molecule is Cc1ccoc1C(=O)NCCC(=O)Nc1cccc2ccccc12. The van der Waals surface area contributed by atoms with Crippen molar-refractivity contribution < 1.29 is 14.0 Å². The predicted molar refractivity (Wildman–Crippen MR) is 93.0 cm³/mol. The molecule has 1 heterocycles. The molecule has 2 aromatic carbocycles. The number of carbonyl (C=O) groups excluding carboxylic acids is 2. The van der Waals surface area contributed by atoms with Crippen molar-refractivity contribution in [2.75, 3.05) is 11.9 Å². The number of nitrogens with one attached hydrogen (secondary N) is 2. The van der Waals surface area contributed by atoms with Crippen LogP contribution < -0.4 is 10.6 Å². The number of amides is 2. The molecule has 2 N–H and O–H groups in total. The second-order valence-corrected chi connectivity index (χ2v) is 5.51. The molecule has 0 aliphatic heterocycles. The molecular weight excluding hydrogens is 304 g/mol. The molecule has 0 saturated carbocycles. The summed E-state index contributed by atoms with van der Waals surface area (Å²) in [7, 11) is 0. The summed E-state index contributed by atoms with van der Waals surface area (Å²) in [6.45, 7) is 2.04. The third-order valence-corrected chi connectivity index (χ3v) is 3.77. The predicted octanol–water partition coefficient (Wildman–Crippen LogP) is 3.50. The molecule has 3 rings (SSSR count). The van der Waals surface area contributed by atoms with Gasteiger partial charge in [0.15, 0.2) is 5.76 Å². The lowest BCUT2D eigenvalue weighted by molar-refractivity contribution is -0.116. The van der Waals surface area contributed by atoms with Gasteiger partial charge < -0.3 is 15.1 Å². The molecule has 2 amide bonds. The Bertz CT molecular complexity index is 878. The van der Waals surface area contributed by atoms with E-state index in [1.54, 1.807) is 13.0 Å². The zero-order valence-electron chi connectivity index (χ0n) is 13.3. The van der Waals surface area contributed by atoms with E-state index in [9.17, 15) is 9.59 Å². The van der Waals surface area contributed by atoms with E-state index in [0.29, 0.717) is 0 Å². The van der Waals surface area contributed by atoms with Gasteiger partial charge in [-0.05, 0) is 24.4 Å². The van der Waals surface area contributed by atoms with Crippen molar-refractivity contribution in [3.05, 3.63) is 66.1 Å². The Labute approximate surface area is 139 Å². The maximum absolute atomic E-state index is 12.1. The standard InChI is InChI=1S/C19H18N2O3/c1-13-10-12-24-18(13)19(23)20-11-9-17(22)21-16-8-4-6-14-5-2-3-7-15(14)16/h2-8,10,12H,9,11H2,1H3,(H,20,23)(H,21,22). The number of anilines is 1. The van der Waals surface area contributed by atoms with Crippen molar-refractivity contribution in [3.8, 4) is 0 Å². The first-order valence-electron chi connectivity index (χ1n) is 7.75. The first-order chi connectivity index (χ1) is 11.6. The van der Waals surface area contributed by atoms with Gasteiger partial charge in [-0.25, -0.2) is 0 Å². The van der Waals surface area contributed by atoms with E-state index in [1.807, 2.05) is 42.5 Å². The third kappa shape index (κ3) is 3.46. The van der Waals surface area contributed by atoms with E-state index in [0.717, 1.165) is 22.0 Å². The Morgan fingerprint density at radius 1 is 1.04 bits per heavy atom. The van der Waals surface area contributed by atoms with E-state index in [4.69, 9.17) is 4.42 Å². The zero-order valence-corrected chi connectivity index (χ0v) is 13.3. The van der Waals surface area contributed by atoms with E-state index < -0.39 is 0 Å². The number of aryl methyl sites for hydroxylation is 1. The lowest BCUT2D eigenvalue weighted by Crippen LogP contribution is -2.27. The van der Waals surface area contributed by atoms with E-state index in [1.165, 1.54) is 6.26 Å². The third-order valence-electron chi connectivity index (χ3n) is 3.77. The summed E-state index contributed by atoms with van der Waals surface area (Å²) in [5.74, 6) is -0.178. The van der Waals surface area contributed by atoms with Crippen molar-refractivity contribution in [2.45, 2.75) is 13.3 Å². The molecule has 0 bridgehead atoms. The van der Waals surface area contributed by atoms with Gasteiger partial charge in [-0.2, -0.15) is 0 Å². The average Bonchev–Trinajstić information content (AvgIpc) is 3.01. The number of hydrogen-bond acceptors (Lipinski definition) is 3. The summed E-state index contributed by atoms with van der Waals surface area (Å²) in [5, 5.41) is 7.63. The van der Waals surface area contributed by atoms with Crippen LogP contribution in [0, 0.1) is 6.92 Å². The molecule has 0 saturated heterocycles. The molecule has 0 aliphatic rings. The largest absolute Gasteiger partial charge is 0.459 e. The first-order valence-corrected chi connectivity index (χ1v) is 7.75. The molecule has 1 aromatic heterocycles. The molecule has 5 nitrogen and oxygen atoms in total. The normalized spacial score (nSPS) is 10.5. The highest BCUT2D eigenvalue weighted by molar-refractivity contribution is 6.02. The average molecular weight is 322 g/mol. The summed E-state index contributed by atoms with van der Waals surface area (Å²) in [6.07, 6.45) is 1.66. The Morgan fingerprint density at radius 3 is 2.62 bits per heavy atom. The smallest absolute Gasteiger partial charge is 0.287 e. The Hall–Kier alpha value is -3.08. The lowest BCUT2D eigenvalue weighted by atomic mass is 10.1. The van der Waals surface area contributed by atoms with Crippen LogP contribution in [0.15, 0.2) is 59.2 Å². The number of carbonyl (C=O) groups is 2. The van der Waals surface area contributed by atoms with Gasteiger partial charge in [-0.1, -0.05) is 36.4 Å². The summed E-state index contributed by atoms with van der Waals surface area (Å²) >= 11 is 0. The Kier molecular flexibility index (Phi) is 4.61. The van der Waals surface area contributed by atoms with Crippen molar-refractivity contribution in [1.29, 1.82) is 0 Å². The highest BCUT2D eigenvalue weighted by atomic mass is 16.3. The van der Waals surface area contributed by atoms with Gasteiger partial charge >= 0.3 is 0 Å². The Balaban J connectivity index is 1.56. The topological polar surface area (TPSA) is 71.3 Å². The first kappa shape index (κ1) is 15.8. The maximum atomic E-state index is 12.1. The molecule has 0 fully saturated rings. The molecule has 122 valence electrons. The molecule has 0 radical (unpaired) electrons. The molecule has 5 heteroatoms. The van der Waals surface area contributed by atoms with Crippen LogP contribution in [-0.2, 0) is 4.79 Å².